The average molecular weight is 389 g/mol. The van der Waals surface area contributed by atoms with Gasteiger partial charge in [-0.25, -0.2) is 0 Å². The monoisotopic (exact) mass is 388 g/mol. The normalized spacial score (nSPS) is 16.3. The summed E-state index contributed by atoms with van der Waals surface area (Å²) in [4.78, 5) is 0.961. The quantitative estimate of drug-likeness (QED) is 0.667. The van der Waals surface area contributed by atoms with Crippen molar-refractivity contribution < 1.29 is 4.74 Å². The third-order valence-corrected chi connectivity index (χ3v) is 5.54. The Balaban J connectivity index is 2.03. The van der Waals surface area contributed by atoms with E-state index in [1.807, 2.05) is 17.5 Å². The van der Waals surface area contributed by atoms with Crippen LogP contribution in [0.5, 0.6) is 5.88 Å². The van der Waals surface area contributed by atoms with Gasteiger partial charge in [0.25, 0.3) is 0 Å². The second kappa shape index (κ2) is 6.12. The number of halogens is 2. The standard InChI is InChI=1S/C17H10Cl2N4OS/c18-9-3-1-4-10(19)13(9)12-8(7-20)16(21)24-17-14(12)15(22-23-17)11-5-2-6-25-11/h1-6,12H,21H2,(H,22,23)/t12-/m0/s1. The van der Waals surface area contributed by atoms with Gasteiger partial charge in [0.05, 0.1) is 22.1 Å². The molecule has 3 N–H and O–H groups in total. The first-order valence-corrected chi connectivity index (χ1v) is 8.89. The molecule has 0 spiro atoms. The van der Waals surface area contributed by atoms with Crippen molar-refractivity contribution in [3.8, 4) is 22.5 Å². The van der Waals surface area contributed by atoms with Gasteiger partial charge in [0.2, 0.25) is 11.8 Å². The molecule has 0 amide bonds. The second-order valence-electron chi connectivity index (χ2n) is 5.35. The molecule has 25 heavy (non-hydrogen) atoms. The molecule has 0 unspecified atom stereocenters. The van der Waals surface area contributed by atoms with Crippen molar-refractivity contribution in [3.05, 3.63) is 68.3 Å². The predicted molar refractivity (Wildman–Crippen MR) is 97.7 cm³/mol. The number of nitrogens with one attached hydrogen (secondary N) is 1. The molecule has 0 radical (unpaired) electrons. The molecule has 1 aliphatic rings. The summed E-state index contributed by atoms with van der Waals surface area (Å²) in [6, 6.07) is 11.2. The van der Waals surface area contributed by atoms with Crippen molar-refractivity contribution in [3.63, 3.8) is 0 Å². The lowest BCUT2D eigenvalue weighted by atomic mass is 9.83. The highest BCUT2D eigenvalue weighted by Gasteiger charge is 2.37. The Morgan fingerprint density at radius 2 is 1.96 bits per heavy atom. The summed E-state index contributed by atoms with van der Waals surface area (Å²) in [5.41, 5.74) is 8.27. The highest BCUT2D eigenvalue weighted by Crippen LogP contribution is 2.49. The number of ether oxygens (including phenoxy) is 1. The van der Waals surface area contributed by atoms with Crippen molar-refractivity contribution in [2.75, 3.05) is 0 Å². The third-order valence-electron chi connectivity index (χ3n) is 3.99. The largest absolute Gasteiger partial charge is 0.420 e. The fraction of sp³-hybridized carbons (Fsp3) is 0.0588. The summed E-state index contributed by atoms with van der Waals surface area (Å²) in [6.45, 7) is 0. The lowest BCUT2D eigenvalue weighted by Gasteiger charge is -2.25. The molecule has 3 heterocycles. The molecule has 124 valence electrons. The zero-order valence-electron chi connectivity index (χ0n) is 12.6. The van der Waals surface area contributed by atoms with Crippen molar-refractivity contribution in [1.29, 1.82) is 5.26 Å². The van der Waals surface area contributed by atoms with Gasteiger partial charge in [-0.2, -0.15) is 5.26 Å². The van der Waals surface area contributed by atoms with E-state index in [4.69, 9.17) is 33.7 Å². The highest BCUT2D eigenvalue weighted by molar-refractivity contribution is 7.13. The highest BCUT2D eigenvalue weighted by atomic mass is 35.5. The summed E-state index contributed by atoms with van der Waals surface area (Å²) in [7, 11) is 0. The summed E-state index contributed by atoms with van der Waals surface area (Å²) >= 11 is 14.4. The van der Waals surface area contributed by atoms with Crippen LogP contribution < -0.4 is 10.5 Å². The maximum absolute atomic E-state index is 9.68. The molecule has 1 aliphatic heterocycles. The van der Waals surface area contributed by atoms with Crippen molar-refractivity contribution in [2.45, 2.75) is 5.92 Å². The van der Waals surface area contributed by atoms with Crippen molar-refractivity contribution in [1.82, 2.24) is 10.2 Å². The van der Waals surface area contributed by atoms with Crippen LogP contribution in [0.15, 0.2) is 47.2 Å². The second-order valence-corrected chi connectivity index (χ2v) is 7.12. The Hall–Kier alpha value is -2.46. The van der Waals surface area contributed by atoms with E-state index in [1.165, 1.54) is 0 Å². The number of nitrogens with zero attached hydrogens (tertiary/aromatic N) is 2. The molecular formula is C17H10Cl2N4OS. The number of rotatable bonds is 2. The molecule has 5 nitrogen and oxygen atoms in total. The van der Waals surface area contributed by atoms with E-state index < -0.39 is 5.92 Å². The Morgan fingerprint density at radius 3 is 2.60 bits per heavy atom. The first-order valence-electron chi connectivity index (χ1n) is 7.25. The topological polar surface area (TPSA) is 87.7 Å². The number of hydrogen-bond acceptors (Lipinski definition) is 5. The molecule has 8 heteroatoms. The molecule has 0 fully saturated rings. The Kier molecular flexibility index (Phi) is 3.92. The number of aromatic amines is 1. The molecule has 3 aromatic rings. The van der Waals surface area contributed by atoms with Gasteiger partial charge in [-0.1, -0.05) is 35.3 Å². The summed E-state index contributed by atoms with van der Waals surface area (Å²) < 4.78 is 5.56. The molecular weight excluding hydrogens is 379 g/mol. The fourth-order valence-corrected chi connectivity index (χ4v) is 4.28. The van der Waals surface area contributed by atoms with Crippen LogP contribution in [0.25, 0.3) is 10.6 Å². The average Bonchev–Trinajstić information content (AvgIpc) is 3.23. The lowest BCUT2D eigenvalue weighted by molar-refractivity contribution is 0.379. The molecule has 0 saturated heterocycles. The molecule has 1 atom stereocenters. The van der Waals surface area contributed by atoms with Gasteiger partial charge in [0, 0.05) is 15.6 Å². The van der Waals surface area contributed by atoms with Gasteiger partial charge in [-0.3, -0.25) is 5.10 Å². The van der Waals surface area contributed by atoms with E-state index in [9.17, 15) is 5.26 Å². The smallest absolute Gasteiger partial charge is 0.244 e. The van der Waals surface area contributed by atoms with E-state index in [2.05, 4.69) is 16.3 Å². The maximum atomic E-state index is 9.68. The molecule has 2 aromatic heterocycles. The van der Waals surface area contributed by atoms with Gasteiger partial charge in [-0.15, -0.1) is 16.4 Å². The fourth-order valence-electron chi connectivity index (χ4n) is 2.93. The van der Waals surface area contributed by atoms with Crippen LogP contribution in [0.3, 0.4) is 0 Å². The number of benzene rings is 1. The van der Waals surface area contributed by atoms with E-state index in [1.54, 1.807) is 29.5 Å². The van der Waals surface area contributed by atoms with Crippen LogP contribution in [0.1, 0.15) is 17.0 Å². The van der Waals surface area contributed by atoms with Gasteiger partial charge in [-0.05, 0) is 23.6 Å². The van der Waals surface area contributed by atoms with Crippen LogP contribution >= 0.6 is 34.5 Å². The first-order chi connectivity index (χ1) is 12.1. The minimum absolute atomic E-state index is 0.000200. The SMILES string of the molecule is N#CC1=C(N)Oc2n[nH]c(-c3cccs3)c2[C@@H]1c1c(Cl)cccc1Cl. The number of nitriles is 1. The van der Waals surface area contributed by atoms with E-state index in [0.29, 0.717) is 27.1 Å². The molecule has 0 bridgehead atoms. The first kappa shape index (κ1) is 16.0. The number of fused-ring (bicyclic) bond motifs is 1. The van der Waals surface area contributed by atoms with Gasteiger partial charge in [0.15, 0.2) is 0 Å². The zero-order valence-corrected chi connectivity index (χ0v) is 14.9. The predicted octanol–water partition coefficient (Wildman–Crippen LogP) is 4.66. The Bertz CT molecular complexity index is 1010. The molecule has 1 aromatic carbocycles. The van der Waals surface area contributed by atoms with E-state index >= 15 is 0 Å². The summed E-state index contributed by atoms with van der Waals surface area (Å²) in [6.07, 6.45) is 0. The van der Waals surface area contributed by atoms with Crippen LogP contribution in [-0.4, -0.2) is 10.2 Å². The number of H-pyrrole nitrogens is 1. The van der Waals surface area contributed by atoms with Gasteiger partial charge in [0.1, 0.15) is 11.6 Å². The molecule has 4 rings (SSSR count). The van der Waals surface area contributed by atoms with Crippen LogP contribution in [0, 0.1) is 11.3 Å². The minimum atomic E-state index is -0.564. The maximum Gasteiger partial charge on any atom is 0.244 e. The van der Waals surface area contributed by atoms with Crippen LogP contribution in [0.2, 0.25) is 10.0 Å². The molecule has 0 aliphatic carbocycles. The van der Waals surface area contributed by atoms with Gasteiger partial charge >= 0.3 is 0 Å². The van der Waals surface area contributed by atoms with E-state index in [0.717, 1.165) is 10.6 Å². The lowest BCUT2D eigenvalue weighted by Crippen LogP contribution is -2.21. The number of allylic oxidation sites excluding steroid dienone is 1. The van der Waals surface area contributed by atoms with Crippen LogP contribution in [0.4, 0.5) is 0 Å². The van der Waals surface area contributed by atoms with Crippen LogP contribution in [-0.2, 0) is 0 Å². The Morgan fingerprint density at radius 1 is 1.20 bits per heavy atom. The van der Waals surface area contributed by atoms with Gasteiger partial charge < -0.3 is 10.5 Å². The summed E-state index contributed by atoms with van der Waals surface area (Å²) in [5.74, 6) is -0.244. The van der Waals surface area contributed by atoms with E-state index in [-0.39, 0.29) is 11.5 Å². The number of nitrogens with two attached hydrogens (primary N) is 1. The van der Waals surface area contributed by atoms with Crippen molar-refractivity contribution in [2.24, 2.45) is 5.73 Å². The number of aromatic nitrogens is 2. The number of hydrogen-bond donors (Lipinski definition) is 2. The Labute approximate surface area is 157 Å². The zero-order chi connectivity index (χ0) is 17.6. The minimum Gasteiger partial charge on any atom is -0.420 e. The van der Waals surface area contributed by atoms with Crippen molar-refractivity contribution >= 4 is 34.5 Å². The number of thiophene rings is 1. The summed E-state index contributed by atoms with van der Waals surface area (Å²) in [5, 5.41) is 19.7. The third kappa shape index (κ3) is 2.48. The molecule has 0 saturated carbocycles.